The maximum absolute atomic E-state index is 2.57. The summed E-state index contributed by atoms with van der Waals surface area (Å²) in [6.45, 7) is 4.84. The molecule has 0 N–H and O–H groups in total. The van der Waals surface area contributed by atoms with Gasteiger partial charge >= 0.3 is 0 Å². The van der Waals surface area contributed by atoms with Gasteiger partial charge in [-0.3, -0.25) is 0 Å². The highest BCUT2D eigenvalue weighted by Gasteiger charge is 2.52. The lowest BCUT2D eigenvalue weighted by Crippen LogP contribution is -2.44. The third-order valence-corrected chi connectivity index (χ3v) is 12.6. The van der Waals surface area contributed by atoms with E-state index in [4.69, 9.17) is 0 Å². The summed E-state index contributed by atoms with van der Waals surface area (Å²) in [5, 5.41) is 2.62. The molecule has 0 saturated heterocycles. The highest BCUT2D eigenvalue weighted by molar-refractivity contribution is 6.12. The second kappa shape index (κ2) is 11.2. The van der Waals surface area contributed by atoms with Crippen LogP contribution in [0.15, 0.2) is 176 Å². The van der Waals surface area contributed by atoms with E-state index < -0.39 is 5.41 Å². The third kappa shape index (κ3) is 4.14. The van der Waals surface area contributed by atoms with Crippen LogP contribution in [0.3, 0.4) is 0 Å². The number of nitrogens with zero attached hydrogens (tertiary/aromatic N) is 1. The summed E-state index contributed by atoms with van der Waals surface area (Å²) < 4.78 is 2.54. The minimum Gasteiger partial charge on any atom is -0.309 e. The van der Waals surface area contributed by atoms with E-state index in [1.54, 1.807) is 0 Å². The Balaban J connectivity index is 1.13. The van der Waals surface area contributed by atoms with Crippen LogP contribution in [0.25, 0.3) is 49.8 Å². The molecular formula is C52H39N. The molecule has 3 aliphatic rings. The number of fused-ring (bicyclic) bond motifs is 11. The zero-order valence-electron chi connectivity index (χ0n) is 30.1. The monoisotopic (exact) mass is 677 g/mol. The van der Waals surface area contributed by atoms with E-state index in [0.29, 0.717) is 0 Å². The molecule has 1 aromatic heterocycles. The van der Waals surface area contributed by atoms with Crippen LogP contribution in [-0.2, 0) is 10.8 Å². The molecule has 2 aliphatic carbocycles. The normalized spacial score (nSPS) is 17.9. The molecule has 1 unspecified atom stereocenters. The fourth-order valence-corrected chi connectivity index (χ4v) is 10.2. The maximum atomic E-state index is 2.57. The van der Waals surface area contributed by atoms with Crippen molar-refractivity contribution in [2.75, 3.05) is 0 Å². The molecule has 1 nitrogen and oxygen atoms in total. The molecular weight excluding hydrogens is 639 g/mol. The van der Waals surface area contributed by atoms with Crippen molar-refractivity contribution in [3.8, 4) is 16.8 Å². The van der Waals surface area contributed by atoms with E-state index >= 15 is 0 Å². The van der Waals surface area contributed by atoms with E-state index in [-0.39, 0.29) is 5.41 Å². The Kier molecular flexibility index (Phi) is 6.41. The fourth-order valence-electron chi connectivity index (χ4n) is 10.2. The van der Waals surface area contributed by atoms with Crippen LogP contribution in [-0.4, -0.2) is 4.57 Å². The Morgan fingerprint density at radius 3 is 1.77 bits per heavy atom. The van der Waals surface area contributed by atoms with Gasteiger partial charge in [-0.25, -0.2) is 0 Å². The summed E-state index contributed by atoms with van der Waals surface area (Å²) in [7, 11) is 0. The van der Waals surface area contributed by atoms with Crippen molar-refractivity contribution >= 4 is 33.0 Å². The van der Waals surface area contributed by atoms with Crippen molar-refractivity contribution in [2.24, 2.45) is 0 Å². The molecule has 8 aromatic rings. The van der Waals surface area contributed by atoms with Gasteiger partial charge in [0.15, 0.2) is 0 Å². The summed E-state index contributed by atoms with van der Waals surface area (Å²) in [6.07, 6.45) is 6.78. The predicted octanol–water partition coefficient (Wildman–Crippen LogP) is 13.0. The molecule has 0 saturated carbocycles. The van der Waals surface area contributed by atoms with Crippen molar-refractivity contribution in [1.82, 2.24) is 4.57 Å². The van der Waals surface area contributed by atoms with Gasteiger partial charge in [-0.1, -0.05) is 172 Å². The van der Waals surface area contributed by atoms with Gasteiger partial charge in [0.2, 0.25) is 0 Å². The first-order chi connectivity index (χ1) is 26.0. The van der Waals surface area contributed by atoms with Crippen molar-refractivity contribution in [3.63, 3.8) is 0 Å². The van der Waals surface area contributed by atoms with Crippen molar-refractivity contribution in [2.45, 2.75) is 37.5 Å². The lowest BCUT2D eigenvalue weighted by atomic mass is 9.53. The van der Waals surface area contributed by atoms with Gasteiger partial charge < -0.3 is 4.57 Å². The first kappa shape index (κ1) is 30.4. The average molecular weight is 678 g/mol. The molecule has 1 aliphatic heterocycles. The van der Waals surface area contributed by atoms with Gasteiger partial charge in [0.1, 0.15) is 0 Å². The Morgan fingerprint density at radius 1 is 0.415 bits per heavy atom. The molecule has 0 fully saturated rings. The number of rotatable bonds is 3. The highest BCUT2D eigenvalue weighted by Crippen LogP contribution is 2.60. The van der Waals surface area contributed by atoms with Gasteiger partial charge in [-0.15, -0.1) is 0 Å². The molecule has 0 bridgehead atoms. The van der Waals surface area contributed by atoms with Crippen LogP contribution in [0.5, 0.6) is 0 Å². The smallest absolute Gasteiger partial charge is 0.0748 e. The van der Waals surface area contributed by atoms with E-state index in [1.165, 1.54) is 94.3 Å². The molecule has 1 heteroatoms. The first-order valence-corrected chi connectivity index (χ1v) is 19.0. The van der Waals surface area contributed by atoms with Crippen molar-refractivity contribution in [1.29, 1.82) is 0 Å². The summed E-state index contributed by atoms with van der Waals surface area (Å²) in [5.74, 6) is 0. The van der Waals surface area contributed by atoms with Crippen LogP contribution >= 0.6 is 0 Å². The molecule has 0 amide bonds. The Bertz CT molecular complexity index is 2840. The molecule has 1 atom stereocenters. The van der Waals surface area contributed by atoms with E-state index in [9.17, 15) is 0 Å². The lowest BCUT2D eigenvalue weighted by molar-refractivity contribution is 0.556. The molecule has 11 rings (SSSR count). The largest absolute Gasteiger partial charge is 0.309 e. The standard InChI is InChI=1S/C52H39N/c1-51(2)42-17-7-8-18-44(42)52(45-19-9-11-22-49(45)53-48-21-10-6-15-40(48)41-16-12-20-46(52)50(41)53)47-33-39(31-32-43(47)51)38-29-27-37(28-30-38)36-25-23-35(24-26-36)34-13-4-3-5-14-34/h3-27,29,31-33H,28,30H2,1-2H3. The summed E-state index contributed by atoms with van der Waals surface area (Å²) in [5.41, 5.74) is 19.5. The number of aromatic nitrogens is 1. The molecule has 7 aromatic carbocycles. The second-order valence-corrected chi connectivity index (χ2v) is 15.6. The maximum Gasteiger partial charge on any atom is 0.0748 e. The van der Waals surface area contributed by atoms with Crippen molar-refractivity contribution in [3.05, 3.63) is 220 Å². The fraction of sp³-hybridized carbons (Fsp3) is 0.115. The van der Waals surface area contributed by atoms with Gasteiger partial charge in [0.05, 0.1) is 22.1 Å². The number of para-hydroxylation sites is 3. The van der Waals surface area contributed by atoms with Gasteiger partial charge in [-0.05, 0) is 97.8 Å². The molecule has 0 radical (unpaired) electrons. The average Bonchev–Trinajstić information content (AvgIpc) is 3.57. The minimum atomic E-state index is -0.478. The SMILES string of the molecule is CC1(C)c2ccccc2C2(c3ccccc3-n3c4ccccc4c4cccc2c43)c2cc(C3=CC=C(c4ccc(-c5ccccc5)cc4)CC3)ccc21. The van der Waals surface area contributed by atoms with E-state index in [2.05, 4.69) is 194 Å². The minimum absolute atomic E-state index is 0.164. The van der Waals surface area contributed by atoms with Crippen LogP contribution in [0.2, 0.25) is 0 Å². The van der Waals surface area contributed by atoms with Gasteiger partial charge in [0, 0.05) is 16.2 Å². The predicted molar refractivity (Wildman–Crippen MR) is 222 cm³/mol. The van der Waals surface area contributed by atoms with Crippen LogP contribution in [0.1, 0.15) is 71.2 Å². The van der Waals surface area contributed by atoms with E-state index in [0.717, 1.165) is 12.8 Å². The summed E-state index contributed by atoms with van der Waals surface area (Å²) in [4.78, 5) is 0. The second-order valence-electron chi connectivity index (χ2n) is 15.6. The van der Waals surface area contributed by atoms with Gasteiger partial charge in [0.25, 0.3) is 0 Å². The number of allylic oxidation sites excluding steroid dienone is 4. The van der Waals surface area contributed by atoms with E-state index in [1.807, 2.05) is 0 Å². The van der Waals surface area contributed by atoms with Crippen LogP contribution < -0.4 is 0 Å². The molecule has 53 heavy (non-hydrogen) atoms. The van der Waals surface area contributed by atoms with Gasteiger partial charge in [-0.2, -0.15) is 0 Å². The highest BCUT2D eigenvalue weighted by atomic mass is 15.0. The topological polar surface area (TPSA) is 4.93 Å². The number of hydrogen-bond donors (Lipinski definition) is 0. The number of hydrogen-bond acceptors (Lipinski definition) is 0. The molecule has 1 spiro atoms. The Labute approximate surface area is 311 Å². The first-order valence-electron chi connectivity index (χ1n) is 19.0. The van der Waals surface area contributed by atoms with Crippen LogP contribution in [0.4, 0.5) is 0 Å². The lowest BCUT2D eigenvalue weighted by Gasteiger charge is -2.50. The summed E-state index contributed by atoms with van der Waals surface area (Å²) in [6, 6.07) is 61.6. The summed E-state index contributed by atoms with van der Waals surface area (Å²) >= 11 is 0. The number of benzene rings is 7. The Hall–Kier alpha value is -6.18. The Morgan fingerprint density at radius 2 is 0.981 bits per heavy atom. The zero-order valence-corrected chi connectivity index (χ0v) is 30.1. The zero-order chi connectivity index (χ0) is 35.3. The van der Waals surface area contributed by atoms with Crippen LogP contribution in [0, 0.1) is 0 Å². The quantitative estimate of drug-likeness (QED) is 0.175. The van der Waals surface area contributed by atoms with Crippen molar-refractivity contribution < 1.29 is 0 Å². The third-order valence-electron chi connectivity index (χ3n) is 12.6. The molecule has 2 heterocycles. The molecule has 252 valence electrons.